The highest BCUT2D eigenvalue weighted by Gasteiger charge is 2.24. The Balaban J connectivity index is 1.93. The molecule has 0 aliphatic carbocycles. The summed E-state index contributed by atoms with van der Waals surface area (Å²) in [6.45, 7) is 4.14. The standard InChI is InChI=1S/C17H16ClN5O3/c1-9(7-25-3)16-20-17(26-21-16)14-15-10(2)23(24)13-6-11(18)4-5-12(13)22(15)8-19-14/h4-6,8-9H,7H2,1-3H3. The summed E-state index contributed by atoms with van der Waals surface area (Å²) in [6.07, 6.45) is 1.64. The molecule has 1 atom stereocenters. The largest absolute Gasteiger partial charge is 0.618 e. The Hall–Kier alpha value is -2.71. The van der Waals surface area contributed by atoms with Crippen molar-refractivity contribution in [1.82, 2.24) is 19.5 Å². The van der Waals surface area contributed by atoms with E-state index in [9.17, 15) is 5.21 Å². The fraction of sp³-hybridized carbons (Fsp3) is 0.294. The number of methoxy groups -OCH3 is 1. The Kier molecular flexibility index (Phi) is 4.01. The maximum Gasteiger partial charge on any atom is 0.279 e. The highest BCUT2D eigenvalue weighted by atomic mass is 35.5. The van der Waals surface area contributed by atoms with Gasteiger partial charge in [0.05, 0.1) is 6.61 Å². The number of benzene rings is 1. The molecule has 3 heterocycles. The van der Waals surface area contributed by atoms with E-state index >= 15 is 0 Å². The van der Waals surface area contributed by atoms with E-state index in [2.05, 4.69) is 15.1 Å². The lowest BCUT2D eigenvalue weighted by molar-refractivity contribution is -0.583. The summed E-state index contributed by atoms with van der Waals surface area (Å²) in [7, 11) is 1.62. The first-order valence-electron chi connectivity index (χ1n) is 8.02. The van der Waals surface area contributed by atoms with E-state index in [0.29, 0.717) is 45.4 Å². The number of halogens is 1. The summed E-state index contributed by atoms with van der Waals surface area (Å²) in [4.78, 5) is 8.83. The predicted octanol–water partition coefficient (Wildman–Crippen LogP) is 2.88. The van der Waals surface area contributed by atoms with Crippen molar-refractivity contribution in [3.63, 3.8) is 0 Å². The molecule has 26 heavy (non-hydrogen) atoms. The van der Waals surface area contributed by atoms with E-state index in [0.717, 1.165) is 4.73 Å². The first-order chi connectivity index (χ1) is 12.5. The van der Waals surface area contributed by atoms with Crippen molar-refractivity contribution in [2.75, 3.05) is 13.7 Å². The van der Waals surface area contributed by atoms with Gasteiger partial charge in [-0.15, -0.1) is 0 Å². The first kappa shape index (κ1) is 16.7. The molecular formula is C17H16ClN5O3. The number of aromatic nitrogens is 5. The molecule has 0 N–H and O–H groups in total. The molecule has 4 rings (SSSR count). The van der Waals surface area contributed by atoms with Gasteiger partial charge in [0, 0.05) is 31.0 Å². The van der Waals surface area contributed by atoms with Crippen LogP contribution in [0.1, 0.15) is 24.4 Å². The number of aryl methyl sites for hydroxylation is 1. The number of rotatable bonds is 4. The van der Waals surface area contributed by atoms with Crippen LogP contribution in [0.4, 0.5) is 0 Å². The van der Waals surface area contributed by atoms with E-state index in [-0.39, 0.29) is 11.8 Å². The van der Waals surface area contributed by atoms with E-state index in [4.69, 9.17) is 20.9 Å². The van der Waals surface area contributed by atoms with Gasteiger partial charge >= 0.3 is 0 Å². The van der Waals surface area contributed by atoms with Crippen LogP contribution in [0.2, 0.25) is 5.02 Å². The fourth-order valence-corrected chi connectivity index (χ4v) is 3.20. The molecular weight excluding hydrogens is 358 g/mol. The number of hydrogen-bond acceptors (Lipinski definition) is 6. The molecule has 0 aliphatic heterocycles. The summed E-state index contributed by atoms with van der Waals surface area (Å²) in [5.74, 6) is 0.782. The lowest BCUT2D eigenvalue weighted by Crippen LogP contribution is -2.32. The van der Waals surface area contributed by atoms with Crippen LogP contribution in [0.15, 0.2) is 29.0 Å². The molecule has 4 aromatic rings. The number of fused-ring (bicyclic) bond motifs is 3. The van der Waals surface area contributed by atoms with Crippen LogP contribution in [-0.4, -0.2) is 33.2 Å². The average Bonchev–Trinajstić information content (AvgIpc) is 3.26. The Bertz CT molecular complexity index is 1120. The van der Waals surface area contributed by atoms with Crippen molar-refractivity contribution in [2.45, 2.75) is 19.8 Å². The zero-order chi connectivity index (χ0) is 18.4. The van der Waals surface area contributed by atoms with Crippen LogP contribution in [0.5, 0.6) is 0 Å². The van der Waals surface area contributed by atoms with Crippen molar-refractivity contribution in [2.24, 2.45) is 0 Å². The minimum absolute atomic E-state index is 0.0140. The first-order valence-corrected chi connectivity index (χ1v) is 8.40. The maximum atomic E-state index is 12.7. The monoisotopic (exact) mass is 373 g/mol. The van der Waals surface area contributed by atoms with Crippen LogP contribution >= 0.6 is 11.6 Å². The van der Waals surface area contributed by atoms with E-state index in [1.54, 1.807) is 38.6 Å². The predicted molar refractivity (Wildman–Crippen MR) is 95.0 cm³/mol. The zero-order valence-corrected chi connectivity index (χ0v) is 15.2. The molecule has 0 amide bonds. The van der Waals surface area contributed by atoms with E-state index < -0.39 is 0 Å². The second-order valence-corrected chi connectivity index (χ2v) is 6.58. The van der Waals surface area contributed by atoms with Crippen LogP contribution in [-0.2, 0) is 4.74 Å². The second kappa shape index (κ2) is 6.22. The van der Waals surface area contributed by atoms with Gasteiger partial charge in [0.2, 0.25) is 11.2 Å². The van der Waals surface area contributed by atoms with Gasteiger partial charge in [-0.2, -0.15) is 9.71 Å². The molecule has 0 aliphatic rings. The maximum absolute atomic E-state index is 12.7. The summed E-state index contributed by atoms with van der Waals surface area (Å²) in [6, 6.07) is 5.15. The smallest absolute Gasteiger partial charge is 0.279 e. The molecule has 0 spiro atoms. The van der Waals surface area contributed by atoms with Crippen molar-refractivity contribution < 1.29 is 14.0 Å². The molecule has 9 heteroatoms. The summed E-state index contributed by atoms with van der Waals surface area (Å²) >= 11 is 6.03. The normalized spacial score (nSPS) is 12.9. The van der Waals surface area contributed by atoms with Gasteiger partial charge in [0.25, 0.3) is 5.89 Å². The highest BCUT2D eigenvalue weighted by Crippen LogP contribution is 2.28. The molecule has 0 saturated heterocycles. The van der Waals surface area contributed by atoms with E-state index in [1.165, 1.54) is 0 Å². The van der Waals surface area contributed by atoms with Crippen molar-refractivity contribution in [3.05, 3.63) is 46.3 Å². The van der Waals surface area contributed by atoms with Crippen LogP contribution in [0.3, 0.4) is 0 Å². The van der Waals surface area contributed by atoms with Gasteiger partial charge in [0.15, 0.2) is 11.5 Å². The quantitative estimate of drug-likeness (QED) is 0.403. The molecule has 0 saturated carbocycles. The zero-order valence-electron chi connectivity index (χ0n) is 14.4. The number of ether oxygens (including phenoxy) is 1. The van der Waals surface area contributed by atoms with Crippen LogP contribution in [0, 0.1) is 12.1 Å². The molecule has 0 fully saturated rings. The molecule has 8 nitrogen and oxygen atoms in total. The highest BCUT2D eigenvalue weighted by molar-refractivity contribution is 6.31. The third-order valence-electron chi connectivity index (χ3n) is 4.33. The summed E-state index contributed by atoms with van der Waals surface area (Å²) in [5.41, 5.74) is 2.70. The van der Waals surface area contributed by atoms with Gasteiger partial charge in [-0.3, -0.25) is 4.40 Å². The minimum atomic E-state index is -0.0140. The van der Waals surface area contributed by atoms with Gasteiger partial charge in [-0.05, 0) is 12.1 Å². The topological polar surface area (TPSA) is 92.4 Å². The lowest BCUT2D eigenvalue weighted by Gasteiger charge is -2.08. The van der Waals surface area contributed by atoms with Crippen LogP contribution < -0.4 is 4.73 Å². The summed E-state index contributed by atoms with van der Waals surface area (Å²) in [5, 5.41) is 17.2. The second-order valence-electron chi connectivity index (χ2n) is 6.14. The van der Waals surface area contributed by atoms with Gasteiger partial charge in [-0.25, -0.2) is 4.98 Å². The Morgan fingerprint density at radius 1 is 1.42 bits per heavy atom. The lowest BCUT2D eigenvalue weighted by atomic mass is 10.2. The molecule has 1 aromatic carbocycles. The van der Waals surface area contributed by atoms with Gasteiger partial charge in [-0.1, -0.05) is 23.7 Å². The van der Waals surface area contributed by atoms with Crippen molar-refractivity contribution in [3.8, 4) is 11.6 Å². The van der Waals surface area contributed by atoms with Crippen molar-refractivity contribution >= 4 is 28.2 Å². The Labute approximate surface area is 153 Å². The SMILES string of the molecule is COCC(C)c1noc(-c2ncn3c2c(C)[n+]([O-])c2cc(Cl)ccc23)n1. The number of imidazole rings is 1. The minimum Gasteiger partial charge on any atom is -0.618 e. The van der Waals surface area contributed by atoms with E-state index in [1.807, 2.05) is 11.3 Å². The molecule has 0 radical (unpaired) electrons. The summed E-state index contributed by atoms with van der Waals surface area (Å²) < 4.78 is 13.2. The van der Waals surface area contributed by atoms with Gasteiger partial charge in [0.1, 0.15) is 17.4 Å². The Morgan fingerprint density at radius 2 is 2.23 bits per heavy atom. The van der Waals surface area contributed by atoms with Crippen molar-refractivity contribution in [1.29, 1.82) is 0 Å². The third kappa shape index (κ3) is 2.49. The molecule has 3 aromatic heterocycles. The fourth-order valence-electron chi connectivity index (χ4n) is 3.03. The Morgan fingerprint density at radius 3 is 3.00 bits per heavy atom. The molecule has 1 unspecified atom stereocenters. The molecule has 0 bridgehead atoms. The number of nitrogens with zero attached hydrogens (tertiary/aromatic N) is 5. The third-order valence-corrected chi connectivity index (χ3v) is 4.57. The van der Waals surface area contributed by atoms with Gasteiger partial charge < -0.3 is 14.5 Å². The average molecular weight is 374 g/mol. The molecule has 134 valence electrons. The van der Waals surface area contributed by atoms with Crippen LogP contribution in [0.25, 0.3) is 28.1 Å². The number of hydrogen-bond donors (Lipinski definition) is 0.